The molecule has 0 spiro atoms. The largest absolute Gasteiger partial charge is 0.493 e. The van der Waals surface area contributed by atoms with E-state index in [4.69, 9.17) is 14.7 Å². The van der Waals surface area contributed by atoms with Gasteiger partial charge in [-0.05, 0) is 30.2 Å². The van der Waals surface area contributed by atoms with Crippen LogP contribution in [0, 0.1) is 17.2 Å². The average molecular weight is 351 g/mol. The predicted octanol–water partition coefficient (Wildman–Crippen LogP) is 0.482. The van der Waals surface area contributed by atoms with Gasteiger partial charge >= 0.3 is 0 Å². The zero-order valence-corrected chi connectivity index (χ0v) is 13.9. The van der Waals surface area contributed by atoms with Gasteiger partial charge in [0.05, 0.1) is 30.7 Å². The molecule has 1 heterocycles. The molecule has 1 aliphatic heterocycles. The maximum atomic E-state index is 11.9. The first-order valence-electron chi connectivity index (χ1n) is 7.16. The molecule has 1 atom stereocenters. The summed E-state index contributed by atoms with van der Waals surface area (Å²) in [4.78, 5) is 11.9. The van der Waals surface area contributed by atoms with Crippen LogP contribution in [0.3, 0.4) is 0 Å². The highest BCUT2D eigenvalue weighted by Gasteiger charge is 2.32. The number of benzene rings is 1. The third-order valence-corrected chi connectivity index (χ3v) is 5.24. The first-order chi connectivity index (χ1) is 11.4. The lowest BCUT2D eigenvalue weighted by molar-refractivity contribution is -0.124. The number of ether oxygens (including phenoxy) is 2. The van der Waals surface area contributed by atoms with Crippen LogP contribution in [0.5, 0.6) is 11.5 Å². The molecule has 24 heavy (non-hydrogen) atoms. The molecule has 0 bridgehead atoms. The number of methoxy groups -OCH3 is 1. The third kappa shape index (κ3) is 4.70. The van der Waals surface area contributed by atoms with Crippen molar-refractivity contribution in [3.05, 3.63) is 23.8 Å². The molecule has 1 aromatic rings. The number of amides is 1. The monoisotopic (exact) mass is 351 g/mol. The lowest BCUT2D eigenvalue weighted by Gasteiger charge is -2.08. The van der Waals surface area contributed by atoms with Crippen molar-refractivity contribution in [2.24, 2.45) is 11.0 Å². The molecule has 9 heteroatoms. The summed E-state index contributed by atoms with van der Waals surface area (Å²) in [5.41, 5.74) is 3.00. The Kier molecular flexibility index (Phi) is 5.76. The Bertz CT molecular complexity index is 783. The maximum Gasteiger partial charge on any atom is 0.244 e. The zero-order chi connectivity index (χ0) is 17.6. The number of sulfone groups is 1. The van der Waals surface area contributed by atoms with Crippen molar-refractivity contribution in [2.45, 2.75) is 6.42 Å². The number of carbonyl (C=O) groups is 1. The molecule has 1 amide bonds. The number of rotatable bonds is 6. The summed E-state index contributed by atoms with van der Waals surface area (Å²) >= 11 is 0. The zero-order valence-electron chi connectivity index (χ0n) is 13.1. The Hall–Kier alpha value is -2.60. The van der Waals surface area contributed by atoms with Crippen LogP contribution in [0.15, 0.2) is 23.3 Å². The van der Waals surface area contributed by atoms with Crippen LogP contribution >= 0.6 is 0 Å². The Balaban J connectivity index is 1.97. The molecule has 1 aromatic carbocycles. The summed E-state index contributed by atoms with van der Waals surface area (Å²) in [6, 6.07) is 6.82. The van der Waals surface area contributed by atoms with Crippen molar-refractivity contribution in [3.8, 4) is 17.6 Å². The molecule has 1 saturated heterocycles. The van der Waals surface area contributed by atoms with Crippen LogP contribution in [0.25, 0.3) is 0 Å². The quantitative estimate of drug-likeness (QED) is 0.588. The fraction of sp³-hybridized carbons (Fsp3) is 0.400. The van der Waals surface area contributed by atoms with Gasteiger partial charge in [0.2, 0.25) is 5.91 Å². The van der Waals surface area contributed by atoms with Crippen molar-refractivity contribution >= 4 is 22.0 Å². The number of hydrogen-bond acceptors (Lipinski definition) is 7. The van der Waals surface area contributed by atoms with Crippen molar-refractivity contribution in [2.75, 3.05) is 25.2 Å². The van der Waals surface area contributed by atoms with E-state index in [-0.39, 0.29) is 18.1 Å². The van der Waals surface area contributed by atoms with E-state index >= 15 is 0 Å². The van der Waals surface area contributed by atoms with E-state index in [0.717, 1.165) is 0 Å². The minimum atomic E-state index is -3.11. The van der Waals surface area contributed by atoms with Gasteiger partial charge in [0.25, 0.3) is 0 Å². The minimum Gasteiger partial charge on any atom is -0.493 e. The van der Waals surface area contributed by atoms with Crippen LogP contribution in [0.2, 0.25) is 0 Å². The number of nitrogens with zero attached hydrogens (tertiary/aromatic N) is 2. The fourth-order valence-corrected chi connectivity index (χ4v) is 4.00. The van der Waals surface area contributed by atoms with E-state index in [1.165, 1.54) is 13.3 Å². The van der Waals surface area contributed by atoms with Crippen molar-refractivity contribution in [1.82, 2.24) is 5.43 Å². The molecule has 2 rings (SSSR count). The van der Waals surface area contributed by atoms with Gasteiger partial charge in [-0.25, -0.2) is 13.8 Å². The maximum absolute atomic E-state index is 11.9. The average Bonchev–Trinajstić information content (AvgIpc) is 2.93. The van der Waals surface area contributed by atoms with Crippen molar-refractivity contribution in [3.63, 3.8) is 0 Å². The molecule has 0 aromatic heterocycles. The summed E-state index contributed by atoms with van der Waals surface area (Å²) in [6.45, 7) is -0.0931. The van der Waals surface area contributed by atoms with Gasteiger partial charge in [-0.3, -0.25) is 4.79 Å². The molecule has 1 fully saturated rings. The van der Waals surface area contributed by atoms with E-state index < -0.39 is 21.7 Å². The van der Waals surface area contributed by atoms with E-state index in [2.05, 4.69) is 10.5 Å². The first-order valence-corrected chi connectivity index (χ1v) is 8.98. The van der Waals surface area contributed by atoms with E-state index in [9.17, 15) is 13.2 Å². The third-order valence-electron chi connectivity index (χ3n) is 3.47. The van der Waals surface area contributed by atoms with Gasteiger partial charge in [-0.1, -0.05) is 0 Å². The summed E-state index contributed by atoms with van der Waals surface area (Å²) in [6.07, 6.45) is 1.74. The van der Waals surface area contributed by atoms with E-state index in [1.807, 2.05) is 6.07 Å². The normalized spacial score (nSPS) is 18.9. The highest BCUT2D eigenvalue weighted by Crippen LogP contribution is 2.27. The van der Waals surface area contributed by atoms with Gasteiger partial charge in [0, 0.05) is 0 Å². The number of nitrogens with one attached hydrogen (secondary N) is 1. The van der Waals surface area contributed by atoms with Gasteiger partial charge in [0.1, 0.15) is 6.07 Å². The smallest absolute Gasteiger partial charge is 0.244 e. The summed E-state index contributed by atoms with van der Waals surface area (Å²) in [7, 11) is -1.64. The van der Waals surface area contributed by atoms with E-state index in [0.29, 0.717) is 23.5 Å². The second-order valence-electron chi connectivity index (χ2n) is 5.19. The molecule has 1 N–H and O–H groups in total. The number of hydrazone groups is 1. The van der Waals surface area contributed by atoms with Gasteiger partial charge < -0.3 is 9.47 Å². The van der Waals surface area contributed by atoms with Gasteiger partial charge in [-0.15, -0.1) is 0 Å². The molecule has 8 nitrogen and oxygen atoms in total. The molecule has 0 unspecified atom stereocenters. The second kappa shape index (κ2) is 7.79. The Morgan fingerprint density at radius 3 is 2.92 bits per heavy atom. The molecule has 0 radical (unpaired) electrons. The summed E-state index contributed by atoms with van der Waals surface area (Å²) in [5, 5.41) is 12.4. The second-order valence-corrected chi connectivity index (χ2v) is 7.42. The first kappa shape index (κ1) is 17.7. The Morgan fingerprint density at radius 2 is 2.29 bits per heavy atom. The molecule has 1 aliphatic rings. The van der Waals surface area contributed by atoms with Gasteiger partial charge in [0.15, 0.2) is 27.9 Å². The molecule has 128 valence electrons. The Labute approximate surface area is 140 Å². The van der Waals surface area contributed by atoms with Crippen LogP contribution in [0.1, 0.15) is 12.0 Å². The molecule has 0 aliphatic carbocycles. The van der Waals surface area contributed by atoms with E-state index in [1.54, 1.807) is 18.2 Å². The van der Waals surface area contributed by atoms with Crippen LogP contribution < -0.4 is 14.9 Å². The standard InChI is InChI=1S/C15H17N3O5S/c1-22-14-8-11(2-3-13(14)23-6-5-16)9-17-18-15(19)12-4-7-24(20,21)10-12/h2-3,8-9,12H,4,6-7,10H2,1H3,(H,18,19)/b17-9-/t12-/m0/s1. The van der Waals surface area contributed by atoms with Gasteiger partial charge in [-0.2, -0.15) is 10.4 Å². The SMILES string of the molecule is COc1cc(/C=N\NC(=O)[C@H]2CCS(=O)(=O)C2)ccc1OCC#N. The number of carbonyl (C=O) groups excluding carboxylic acids is 1. The highest BCUT2D eigenvalue weighted by molar-refractivity contribution is 7.91. The van der Waals surface area contributed by atoms with Crippen molar-refractivity contribution < 1.29 is 22.7 Å². The molecular weight excluding hydrogens is 334 g/mol. The molecule has 0 saturated carbocycles. The minimum absolute atomic E-state index is 0.0379. The topological polar surface area (TPSA) is 118 Å². The number of hydrogen-bond donors (Lipinski definition) is 1. The van der Waals surface area contributed by atoms with Crippen LogP contribution in [0.4, 0.5) is 0 Å². The Morgan fingerprint density at radius 1 is 1.50 bits per heavy atom. The van der Waals surface area contributed by atoms with Crippen molar-refractivity contribution in [1.29, 1.82) is 5.26 Å². The lowest BCUT2D eigenvalue weighted by atomic mass is 10.1. The highest BCUT2D eigenvalue weighted by atomic mass is 32.2. The lowest BCUT2D eigenvalue weighted by Crippen LogP contribution is -2.27. The van der Waals surface area contributed by atoms with Crippen LogP contribution in [-0.2, 0) is 14.6 Å². The van der Waals surface area contributed by atoms with Crippen LogP contribution in [-0.4, -0.2) is 45.8 Å². The predicted molar refractivity (Wildman–Crippen MR) is 86.6 cm³/mol. The number of nitriles is 1. The summed E-state index contributed by atoms with van der Waals surface area (Å²) < 4.78 is 33.1. The summed E-state index contributed by atoms with van der Waals surface area (Å²) in [5.74, 6) is -0.195. The molecular formula is C15H17N3O5S. The fourth-order valence-electron chi connectivity index (χ4n) is 2.26.